The maximum Gasteiger partial charge on any atom is 0.177 e. The van der Waals surface area contributed by atoms with Gasteiger partial charge in [-0.05, 0) is 25.2 Å². The Morgan fingerprint density at radius 1 is 1.28 bits per heavy atom. The Kier molecular flexibility index (Phi) is 3.42. The van der Waals surface area contributed by atoms with Gasteiger partial charge in [-0.1, -0.05) is 0 Å². The van der Waals surface area contributed by atoms with Crippen LogP contribution in [0.3, 0.4) is 0 Å². The fraction of sp³-hybridized carbons (Fsp3) is 0.500. The average Bonchev–Trinajstić information content (AvgIpc) is 3.18. The van der Waals surface area contributed by atoms with Crippen molar-refractivity contribution in [2.24, 2.45) is 0 Å². The smallest absolute Gasteiger partial charge is 0.177 e. The summed E-state index contributed by atoms with van der Waals surface area (Å²) in [5.74, 6) is 0.964. The molecule has 0 amide bonds. The molecule has 25 heavy (non-hydrogen) atoms. The van der Waals surface area contributed by atoms with Crippen molar-refractivity contribution in [3.8, 4) is 0 Å². The quantitative estimate of drug-likeness (QED) is 0.670. The van der Waals surface area contributed by atoms with E-state index in [1.54, 1.807) is 10.8 Å². The molecule has 0 unspecified atom stereocenters. The summed E-state index contributed by atoms with van der Waals surface area (Å²) in [6.07, 6.45) is 1.63. The lowest BCUT2D eigenvalue weighted by Gasteiger charge is -2.44. The molecular weight excluding hydrogens is 320 g/mol. The Bertz CT molecular complexity index is 873. The van der Waals surface area contributed by atoms with Gasteiger partial charge in [-0.15, -0.1) is 15.3 Å². The largest absolute Gasteiger partial charge is 0.373 e. The van der Waals surface area contributed by atoms with E-state index in [-0.39, 0.29) is 0 Å². The van der Waals surface area contributed by atoms with E-state index in [1.807, 2.05) is 12.1 Å². The van der Waals surface area contributed by atoms with E-state index in [2.05, 4.69) is 48.0 Å². The molecule has 3 aromatic rings. The molecule has 1 saturated heterocycles. The Morgan fingerprint density at radius 3 is 3.08 bits per heavy atom. The molecule has 9 nitrogen and oxygen atoms in total. The molecule has 3 aromatic heterocycles. The molecule has 5 rings (SSSR count). The molecule has 5 heterocycles. The van der Waals surface area contributed by atoms with Crippen molar-refractivity contribution >= 4 is 11.5 Å². The zero-order valence-corrected chi connectivity index (χ0v) is 14.1. The van der Waals surface area contributed by atoms with Crippen molar-refractivity contribution in [3.05, 3.63) is 35.9 Å². The van der Waals surface area contributed by atoms with Crippen LogP contribution in [0.25, 0.3) is 5.65 Å². The fourth-order valence-corrected chi connectivity index (χ4v) is 3.42. The third-order valence-electron chi connectivity index (χ3n) is 4.98. The lowest BCUT2D eigenvalue weighted by molar-refractivity contribution is 0.0799. The van der Waals surface area contributed by atoms with E-state index in [0.717, 1.165) is 49.9 Å². The zero-order valence-electron chi connectivity index (χ0n) is 14.1. The van der Waals surface area contributed by atoms with Gasteiger partial charge in [-0.3, -0.25) is 9.58 Å². The number of hydrogen-bond donors (Lipinski definition) is 0. The summed E-state index contributed by atoms with van der Waals surface area (Å²) in [7, 11) is 2.16. The second-order valence-corrected chi connectivity index (χ2v) is 6.70. The van der Waals surface area contributed by atoms with E-state index in [0.29, 0.717) is 12.6 Å². The van der Waals surface area contributed by atoms with Crippen LogP contribution in [0.2, 0.25) is 0 Å². The van der Waals surface area contributed by atoms with Crippen molar-refractivity contribution in [1.29, 1.82) is 0 Å². The molecule has 2 aliphatic heterocycles. The molecule has 0 aromatic carbocycles. The third-order valence-corrected chi connectivity index (χ3v) is 4.98. The first-order valence-corrected chi connectivity index (χ1v) is 8.52. The van der Waals surface area contributed by atoms with Gasteiger partial charge in [0.1, 0.15) is 12.1 Å². The normalized spacial score (nSPS) is 17.9. The predicted octanol–water partition coefficient (Wildman–Crippen LogP) is 0.172. The SMILES string of the molecule is CN(Cc1cc2n(n1)CCOC2)C1CN(c2ccc3nncn3n2)C1. The van der Waals surface area contributed by atoms with E-state index < -0.39 is 0 Å². The van der Waals surface area contributed by atoms with Crippen LogP contribution in [0, 0.1) is 0 Å². The monoisotopic (exact) mass is 340 g/mol. The highest BCUT2D eigenvalue weighted by Gasteiger charge is 2.31. The number of ether oxygens (including phenoxy) is 1. The lowest BCUT2D eigenvalue weighted by atomic mass is 10.1. The molecule has 0 spiro atoms. The van der Waals surface area contributed by atoms with Gasteiger partial charge in [0.25, 0.3) is 0 Å². The highest BCUT2D eigenvalue weighted by Crippen LogP contribution is 2.22. The van der Waals surface area contributed by atoms with Crippen LogP contribution >= 0.6 is 0 Å². The Balaban J connectivity index is 1.21. The van der Waals surface area contributed by atoms with E-state index in [9.17, 15) is 0 Å². The molecule has 0 saturated carbocycles. The third kappa shape index (κ3) is 2.65. The van der Waals surface area contributed by atoms with Gasteiger partial charge in [-0.25, -0.2) is 0 Å². The topological polar surface area (TPSA) is 76.6 Å². The van der Waals surface area contributed by atoms with Gasteiger partial charge < -0.3 is 9.64 Å². The first-order chi connectivity index (χ1) is 12.3. The number of rotatable bonds is 4. The maximum absolute atomic E-state index is 5.48. The van der Waals surface area contributed by atoms with Crippen molar-refractivity contribution < 1.29 is 4.74 Å². The van der Waals surface area contributed by atoms with Crippen LogP contribution in [0.4, 0.5) is 5.82 Å². The van der Waals surface area contributed by atoms with Crippen LogP contribution in [0.15, 0.2) is 24.5 Å². The molecule has 9 heteroatoms. The molecule has 130 valence electrons. The number of likely N-dealkylation sites (N-methyl/N-ethyl adjacent to an activating group) is 1. The highest BCUT2D eigenvalue weighted by atomic mass is 16.5. The summed E-state index contributed by atoms with van der Waals surface area (Å²) in [5, 5.41) is 17.1. The number of hydrogen-bond acceptors (Lipinski definition) is 7. The second-order valence-electron chi connectivity index (χ2n) is 6.70. The van der Waals surface area contributed by atoms with Gasteiger partial charge in [0.15, 0.2) is 5.65 Å². The minimum atomic E-state index is 0.508. The summed E-state index contributed by atoms with van der Waals surface area (Å²) in [4.78, 5) is 4.63. The van der Waals surface area contributed by atoms with Gasteiger partial charge in [0, 0.05) is 25.7 Å². The predicted molar refractivity (Wildman–Crippen MR) is 90.1 cm³/mol. The molecule has 0 N–H and O–H groups in total. The molecule has 0 bridgehead atoms. The van der Waals surface area contributed by atoms with Gasteiger partial charge in [0.2, 0.25) is 0 Å². The van der Waals surface area contributed by atoms with Crippen molar-refractivity contribution in [2.75, 3.05) is 31.6 Å². The fourth-order valence-electron chi connectivity index (χ4n) is 3.42. The minimum Gasteiger partial charge on any atom is -0.373 e. The molecule has 1 fully saturated rings. The van der Waals surface area contributed by atoms with Crippen LogP contribution in [0.5, 0.6) is 0 Å². The van der Waals surface area contributed by atoms with Crippen molar-refractivity contribution in [3.63, 3.8) is 0 Å². The Labute approximate surface area is 144 Å². The van der Waals surface area contributed by atoms with Crippen LogP contribution < -0.4 is 4.90 Å². The molecule has 2 aliphatic rings. The number of aromatic nitrogens is 6. The lowest BCUT2D eigenvalue weighted by Crippen LogP contribution is -2.58. The average molecular weight is 340 g/mol. The highest BCUT2D eigenvalue weighted by molar-refractivity contribution is 5.47. The van der Waals surface area contributed by atoms with Gasteiger partial charge in [-0.2, -0.15) is 9.61 Å². The van der Waals surface area contributed by atoms with Crippen LogP contribution in [-0.4, -0.2) is 67.3 Å². The Morgan fingerprint density at radius 2 is 2.20 bits per heavy atom. The number of nitrogens with zero attached hydrogens (tertiary/aromatic N) is 8. The number of fused-ring (bicyclic) bond motifs is 2. The minimum absolute atomic E-state index is 0.508. The van der Waals surface area contributed by atoms with Gasteiger partial charge >= 0.3 is 0 Å². The standard InChI is InChI=1S/C16H20N8O/c1-21(7-12-6-13-10-25-5-4-23(13)19-12)14-8-22(9-14)16-3-2-15-18-17-11-24(15)20-16/h2-3,6,11,14H,4-5,7-10H2,1H3. The zero-order chi connectivity index (χ0) is 16.8. The summed E-state index contributed by atoms with van der Waals surface area (Å²) < 4.78 is 9.26. The summed E-state index contributed by atoms with van der Waals surface area (Å²) in [6.45, 7) is 5.07. The summed E-state index contributed by atoms with van der Waals surface area (Å²) >= 11 is 0. The molecular formula is C16H20N8O. The van der Waals surface area contributed by atoms with E-state index in [4.69, 9.17) is 4.74 Å². The molecule has 0 atom stereocenters. The summed E-state index contributed by atoms with van der Waals surface area (Å²) in [6, 6.07) is 6.62. The van der Waals surface area contributed by atoms with Crippen molar-refractivity contribution in [1.82, 2.24) is 34.5 Å². The van der Waals surface area contributed by atoms with E-state index in [1.165, 1.54) is 5.69 Å². The second kappa shape index (κ2) is 5.78. The van der Waals surface area contributed by atoms with E-state index >= 15 is 0 Å². The molecule has 0 aliphatic carbocycles. The summed E-state index contributed by atoms with van der Waals surface area (Å²) in [5.41, 5.74) is 3.06. The van der Waals surface area contributed by atoms with Crippen molar-refractivity contribution in [2.45, 2.75) is 25.7 Å². The van der Waals surface area contributed by atoms with Crippen LogP contribution in [0.1, 0.15) is 11.4 Å². The first-order valence-electron chi connectivity index (χ1n) is 8.52. The molecule has 0 radical (unpaired) electrons. The van der Waals surface area contributed by atoms with Gasteiger partial charge in [0.05, 0.1) is 31.1 Å². The maximum atomic E-state index is 5.48. The Hall–Kier alpha value is -2.52. The number of anilines is 1. The van der Waals surface area contributed by atoms with Crippen LogP contribution in [-0.2, 0) is 24.4 Å². The first kappa shape index (κ1) is 14.8.